The van der Waals surface area contributed by atoms with Crippen LogP contribution in [0, 0.1) is 0 Å². The molecule has 1 aromatic carbocycles. The number of hydrogen-bond donors (Lipinski definition) is 2. The van der Waals surface area contributed by atoms with Crippen molar-refractivity contribution in [2.45, 2.75) is 38.3 Å². The Kier molecular flexibility index (Phi) is 3.57. The Balaban J connectivity index is 2.01. The minimum absolute atomic E-state index is 0.0298. The van der Waals surface area contributed by atoms with Crippen molar-refractivity contribution in [2.24, 2.45) is 5.73 Å². The van der Waals surface area contributed by atoms with Crippen molar-refractivity contribution in [3.63, 3.8) is 0 Å². The van der Waals surface area contributed by atoms with Crippen molar-refractivity contribution in [1.82, 2.24) is 5.32 Å². The van der Waals surface area contributed by atoms with Gasteiger partial charge in [0.2, 0.25) is 0 Å². The van der Waals surface area contributed by atoms with E-state index < -0.39 is 0 Å². The van der Waals surface area contributed by atoms with E-state index in [0.29, 0.717) is 12.6 Å². The lowest BCUT2D eigenvalue weighted by Gasteiger charge is -2.12. The summed E-state index contributed by atoms with van der Waals surface area (Å²) in [6.07, 6.45) is 4.69. The molecule has 16 heavy (non-hydrogen) atoms. The second-order valence-electron chi connectivity index (χ2n) is 4.36. The molecule has 1 fully saturated rings. The molecule has 3 N–H and O–H groups in total. The highest BCUT2D eigenvalue weighted by atomic mass is 16.1. The molecule has 1 aliphatic rings. The fourth-order valence-corrected chi connectivity index (χ4v) is 2.18. The molecule has 0 aromatic heterocycles. The summed E-state index contributed by atoms with van der Waals surface area (Å²) < 4.78 is 0. The van der Waals surface area contributed by atoms with E-state index in [1.165, 1.54) is 12.8 Å². The number of carbonyl (C=O) groups is 1. The van der Waals surface area contributed by atoms with Gasteiger partial charge >= 0.3 is 0 Å². The van der Waals surface area contributed by atoms with E-state index >= 15 is 0 Å². The van der Waals surface area contributed by atoms with Crippen molar-refractivity contribution in [3.8, 4) is 0 Å². The zero-order valence-corrected chi connectivity index (χ0v) is 9.41. The van der Waals surface area contributed by atoms with Crippen LogP contribution in [-0.2, 0) is 6.54 Å². The van der Waals surface area contributed by atoms with Crippen LogP contribution in [-0.4, -0.2) is 11.9 Å². The molecule has 1 amide bonds. The van der Waals surface area contributed by atoms with Gasteiger partial charge in [0.1, 0.15) is 0 Å². The standard InChI is InChI=1S/C13H18N2O/c14-9-10-4-3-5-11(8-10)13(16)15-12-6-1-2-7-12/h3-5,8,12H,1-2,6-7,9,14H2,(H,15,16). The third-order valence-corrected chi connectivity index (χ3v) is 3.12. The summed E-state index contributed by atoms with van der Waals surface area (Å²) in [5, 5.41) is 3.07. The van der Waals surface area contributed by atoms with E-state index in [1.807, 2.05) is 24.3 Å². The van der Waals surface area contributed by atoms with E-state index in [-0.39, 0.29) is 5.91 Å². The summed E-state index contributed by atoms with van der Waals surface area (Å²) >= 11 is 0. The summed E-state index contributed by atoms with van der Waals surface area (Å²) in [6.45, 7) is 0.477. The van der Waals surface area contributed by atoms with E-state index in [0.717, 1.165) is 24.0 Å². The average molecular weight is 218 g/mol. The van der Waals surface area contributed by atoms with Crippen molar-refractivity contribution in [1.29, 1.82) is 0 Å². The molecular weight excluding hydrogens is 200 g/mol. The lowest BCUT2D eigenvalue weighted by atomic mass is 10.1. The molecule has 2 rings (SSSR count). The highest BCUT2D eigenvalue weighted by molar-refractivity contribution is 5.94. The van der Waals surface area contributed by atoms with Gasteiger partial charge in [-0.2, -0.15) is 0 Å². The maximum absolute atomic E-state index is 11.9. The monoisotopic (exact) mass is 218 g/mol. The van der Waals surface area contributed by atoms with Crippen LogP contribution >= 0.6 is 0 Å². The predicted molar refractivity (Wildman–Crippen MR) is 64.1 cm³/mol. The van der Waals surface area contributed by atoms with E-state index in [2.05, 4.69) is 5.32 Å². The Morgan fingerprint density at radius 2 is 2.12 bits per heavy atom. The SMILES string of the molecule is NCc1cccc(C(=O)NC2CCCC2)c1. The minimum Gasteiger partial charge on any atom is -0.349 e. The maximum atomic E-state index is 11.9. The molecule has 3 nitrogen and oxygen atoms in total. The Morgan fingerprint density at radius 1 is 1.38 bits per heavy atom. The first-order valence-electron chi connectivity index (χ1n) is 5.89. The normalized spacial score (nSPS) is 16.3. The molecule has 1 aromatic rings. The van der Waals surface area contributed by atoms with Crippen molar-refractivity contribution in [3.05, 3.63) is 35.4 Å². The second-order valence-corrected chi connectivity index (χ2v) is 4.36. The molecule has 0 radical (unpaired) electrons. The van der Waals surface area contributed by atoms with Crippen LogP contribution in [0.4, 0.5) is 0 Å². The van der Waals surface area contributed by atoms with Gasteiger partial charge in [0.25, 0.3) is 5.91 Å². The first-order valence-corrected chi connectivity index (χ1v) is 5.89. The molecule has 0 unspecified atom stereocenters. The highest BCUT2D eigenvalue weighted by Gasteiger charge is 2.17. The number of nitrogens with one attached hydrogen (secondary N) is 1. The summed E-state index contributed by atoms with van der Waals surface area (Å²) in [5.74, 6) is 0.0298. The van der Waals surface area contributed by atoms with Crippen LogP contribution in [0.3, 0.4) is 0 Å². The molecule has 0 heterocycles. The Bertz CT molecular complexity index is 370. The smallest absolute Gasteiger partial charge is 0.251 e. The molecule has 0 bridgehead atoms. The Labute approximate surface area is 96.0 Å². The average Bonchev–Trinajstić information content (AvgIpc) is 2.82. The lowest BCUT2D eigenvalue weighted by Crippen LogP contribution is -2.32. The number of benzene rings is 1. The maximum Gasteiger partial charge on any atom is 0.251 e. The third kappa shape index (κ3) is 2.61. The van der Waals surface area contributed by atoms with Crippen LogP contribution in [0.2, 0.25) is 0 Å². The quantitative estimate of drug-likeness (QED) is 0.813. The second kappa shape index (κ2) is 5.12. The first kappa shape index (κ1) is 11.1. The molecule has 1 saturated carbocycles. The molecule has 0 spiro atoms. The number of carbonyl (C=O) groups excluding carboxylic acids is 1. The zero-order chi connectivity index (χ0) is 11.4. The third-order valence-electron chi connectivity index (χ3n) is 3.12. The molecule has 1 aliphatic carbocycles. The number of hydrogen-bond acceptors (Lipinski definition) is 2. The summed E-state index contributed by atoms with van der Waals surface area (Å²) in [7, 11) is 0. The van der Waals surface area contributed by atoms with Gasteiger partial charge in [-0.3, -0.25) is 4.79 Å². The number of nitrogens with two attached hydrogens (primary N) is 1. The van der Waals surface area contributed by atoms with Gasteiger partial charge in [-0.05, 0) is 30.5 Å². The zero-order valence-electron chi connectivity index (χ0n) is 9.41. The Morgan fingerprint density at radius 3 is 2.81 bits per heavy atom. The summed E-state index contributed by atoms with van der Waals surface area (Å²) in [6, 6.07) is 7.89. The van der Waals surface area contributed by atoms with Crippen molar-refractivity contribution < 1.29 is 4.79 Å². The molecule has 0 saturated heterocycles. The van der Waals surface area contributed by atoms with E-state index in [4.69, 9.17) is 5.73 Å². The molecule has 86 valence electrons. The van der Waals surface area contributed by atoms with Crippen LogP contribution in [0.15, 0.2) is 24.3 Å². The minimum atomic E-state index is 0.0298. The topological polar surface area (TPSA) is 55.1 Å². The van der Waals surface area contributed by atoms with Gasteiger partial charge in [-0.15, -0.1) is 0 Å². The van der Waals surface area contributed by atoms with Gasteiger partial charge in [0.15, 0.2) is 0 Å². The van der Waals surface area contributed by atoms with Crippen molar-refractivity contribution >= 4 is 5.91 Å². The highest BCUT2D eigenvalue weighted by Crippen LogP contribution is 2.18. The fourth-order valence-electron chi connectivity index (χ4n) is 2.18. The number of amides is 1. The van der Waals surface area contributed by atoms with Crippen molar-refractivity contribution in [2.75, 3.05) is 0 Å². The first-order chi connectivity index (χ1) is 7.79. The largest absolute Gasteiger partial charge is 0.349 e. The van der Waals surface area contributed by atoms with Crippen LogP contribution < -0.4 is 11.1 Å². The number of rotatable bonds is 3. The molecule has 3 heteroatoms. The lowest BCUT2D eigenvalue weighted by molar-refractivity contribution is 0.0938. The van der Waals surface area contributed by atoms with Gasteiger partial charge in [-0.1, -0.05) is 25.0 Å². The van der Waals surface area contributed by atoms with Gasteiger partial charge in [0.05, 0.1) is 0 Å². The van der Waals surface area contributed by atoms with Crippen LogP contribution in [0.1, 0.15) is 41.6 Å². The Hall–Kier alpha value is -1.35. The molecule has 0 atom stereocenters. The summed E-state index contributed by atoms with van der Waals surface area (Å²) in [4.78, 5) is 11.9. The fraction of sp³-hybridized carbons (Fsp3) is 0.462. The van der Waals surface area contributed by atoms with Gasteiger partial charge < -0.3 is 11.1 Å². The predicted octanol–water partition coefficient (Wildman–Crippen LogP) is 1.82. The van der Waals surface area contributed by atoms with E-state index in [1.54, 1.807) is 0 Å². The van der Waals surface area contributed by atoms with E-state index in [9.17, 15) is 4.79 Å². The van der Waals surface area contributed by atoms with Crippen LogP contribution in [0.25, 0.3) is 0 Å². The van der Waals surface area contributed by atoms with Gasteiger partial charge in [-0.25, -0.2) is 0 Å². The van der Waals surface area contributed by atoms with Gasteiger partial charge in [0, 0.05) is 18.2 Å². The molecular formula is C13H18N2O. The van der Waals surface area contributed by atoms with Crippen LogP contribution in [0.5, 0.6) is 0 Å². The molecule has 0 aliphatic heterocycles. The summed E-state index contributed by atoms with van der Waals surface area (Å²) in [5.41, 5.74) is 7.27.